The molecule has 3 aromatic rings. The molecule has 2 amide bonds. The minimum Gasteiger partial charge on any atom is -0.478 e. The molecule has 2 N–H and O–H groups in total. The molecule has 3 rings (SSSR count). The number of amides is 2. The zero-order valence-electron chi connectivity index (χ0n) is 20.3. The number of alkyl carbamates (subject to hydrolysis) is 1. The van der Waals surface area contributed by atoms with Gasteiger partial charge in [-0.25, -0.2) is 14.4 Å². The topological polar surface area (TPSA) is 122 Å². The quantitative estimate of drug-likeness (QED) is 0.384. The van der Waals surface area contributed by atoms with Crippen LogP contribution in [0.25, 0.3) is 0 Å². The number of ether oxygens (including phenoxy) is 2. The lowest BCUT2D eigenvalue weighted by Crippen LogP contribution is -2.50. The summed E-state index contributed by atoms with van der Waals surface area (Å²) in [6.07, 6.45) is -0.592. The molecule has 0 saturated carbocycles. The summed E-state index contributed by atoms with van der Waals surface area (Å²) in [4.78, 5) is 50.8. The lowest BCUT2D eigenvalue weighted by Gasteiger charge is -2.30. The number of hydrogen-bond donors (Lipinski definition) is 2. The van der Waals surface area contributed by atoms with Crippen molar-refractivity contribution in [2.75, 3.05) is 13.7 Å². The van der Waals surface area contributed by atoms with Crippen LogP contribution < -0.4 is 5.32 Å². The van der Waals surface area contributed by atoms with Crippen molar-refractivity contribution in [2.45, 2.75) is 25.6 Å². The van der Waals surface area contributed by atoms with E-state index in [0.717, 1.165) is 11.1 Å². The number of esters is 1. The number of carboxylic acid groups (broad SMARTS) is 1. The minimum atomic E-state index is -1.07. The van der Waals surface area contributed by atoms with Crippen LogP contribution in [0.15, 0.2) is 84.9 Å². The maximum absolute atomic E-state index is 13.3. The van der Waals surface area contributed by atoms with Crippen molar-refractivity contribution >= 4 is 23.9 Å². The SMILES string of the molecule is COC(=O)C(Cc1ccccc1)N(Cc1ccc(C(=O)O)cc1)C(=O)CNC(=O)OCc1ccccc1. The Morgan fingerprint density at radius 1 is 0.838 bits per heavy atom. The van der Waals surface area contributed by atoms with Crippen LogP contribution in [-0.4, -0.2) is 53.6 Å². The minimum absolute atomic E-state index is 0.00786. The number of nitrogens with zero attached hydrogens (tertiary/aromatic N) is 1. The maximum Gasteiger partial charge on any atom is 0.407 e. The number of methoxy groups -OCH3 is 1. The molecule has 0 aromatic heterocycles. The summed E-state index contributed by atoms with van der Waals surface area (Å²) in [6.45, 7) is -0.380. The molecule has 9 heteroatoms. The van der Waals surface area contributed by atoms with E-state index in [-0.39, 0.29) is 25.1 Å². The highest BCUT2D eigenvalue weighted by atomic mass is 16.5. The van der Waals surface area contributed by atoms with Gasteiger partial charge >= 0.3 is 18.0 Å². The molecule has 0 fully saturated rings. The molecule has 0 aliphatic carbocycles. The van der Waals surface area contributed by atoms with E-state index in [2.05, 4.69) is 5.32 Å². The standard InChI is InChI=1S/C28H28N2O7/c1-36-27(34)24(16-20-8-4-2-5-9-20)30(18-21-12-14-23(15-13-21)26(32)33)25(31)17-29-28(35)37-19-22-10-6-3-7-11-22/h2-15,24H,16-19H2,1H3,(H,29,35)(H,32,33). The summed E-state index contributed by atoms with van der Waals surface area (Å²) in [7, 11) is 1.24. The highest BCUT2D eigenvalue weighted by molar-refractivity contribution is 5.88. The van der Waals surface area contributed by atoms with E-state index >= 15 is 0 Å². The Morgan fingerprint density at radius 2 is 1.43 bits per heavy atom. The molecule has 9 nitrogen and oxygen atoms in total. The fraction of sp³-hybridized carbons (Fsp3) is 0.214. The molecular weight excluding hydrogens is 476 g/mol. The normalized spacial score (nSPS) is 11.2. The molecule has 1 unspecified atom stereocenters. The fourth-order valence-electron chi connectivity index (χ4n) is 3.64. The van der Waals surface area contributed by atoms with E-state index in [1.54, 1.807) is 24.3 Å². The first-order valence-electron chi connectivity index (χ1n) is 11.6. The van der Waals surface area contributed by atoms with Gasteiger partial charge in [-0.05, 0) is 28.8 Å². The first-order valence-corrected chi connectivity index (χ1v) is 11.6. The Bertz CT molecular complexity index is 1200. The molecule has 0 aliphatic rings. The van der Waals surface area contributed by atoms with Crippen LogP contribution in [0.4, 0.5) is 4.79 Å². The number of aromatic carboxylic acids is 1. The predicted octanol–water partition coefficient (Wildman–Crippen LogP) is 3.42. The van der Waals surface area contributed by atoms with Gasteiger partial charge in [0.05, 0.1) is 12.7 Å². The summed E-state index contributed by atoms with van der Waals surface area (Å²) >= 11 is 0. The van der Waals surface area contributed by atoms with Gasteiger partial charge in [-0.2, -0.15) is 0 Å². The van der Waals surface area contributed by atoms with Crippen LogP contribution in [0.1, 0.15) is 27.0 Å². The van der Waals surface area contributed by atoms with Crippen molar-refractivity contribution in [1.82, 2.24) is 10.2 Å². The summed E-state index contributed by atoms with van der Waals surface area (Å²) in [5, 5.41) is 11.6. The molecule has 37 heavy (non-hydrogen) atoms. The number of benzene rings is 3. The number of nitrogens with one attached hydrogen (secondary N) is 1. The summed E-state index contributed by atoms with van der Waals surface area (Å²) in [6, 6.07) is 23.3. The molecule has 0 bridgehead atoms. The van der Waals surface area contributed by atoms with Crippen LogP contribution in [0.3, 0.4) is 0 Å². The van der Waals surface area contributed by atoms with Gasteiger partial charge in [0.15, 0.2) is 0 Å². The van der Waals surface area contributed by atoms with Gasteiger partial charge in [0, 0.05) is 13.0 Å². The first kappa shape index (κ1) is 26.9. The predicted molar refractivity (Wildman–Crippen MR) is 135 cm³/mol. The summed E-state index contributed by atoms with van der Waals surface area (Å²) < 4.78 is 10.2. The Labute approximate surface area is 214 Å². The Kier molecular flexibility index (Phi) is 9.78. The monoisotopic (exact) mass is 504 g/mol. The Hall–Kier alpha value is -4.66. The fourth-order valence-corrected chi connectivity index (χ4v) is 3.64. The van der Waals surface area contributed by atoms with Crippen LogP contribution in [-0.2, 0) is 38.6 Å². The second-order valence-electron chi connectivity index (χ2n) is 8.17. The maximum atomic E-state index is 13.3. The lowest BCUT2D eigenvalue weighted by atomic mass is 10.0. The van der Waals surface area contributed by atoms with Gasteiger partial charge in [0.25, 0.3) is 0 Å². The van der Waals surface area contributed by atoms with Gasteiger partial charge in [-0.3, -0.25) is 4.79 Å². The van der Waals surface area contributed by atoms with Crippen LogP contribution >= 0.6 is 0 Å². The molecule has 0 aliphatic heterocycles. The number of hydrogen-bond acceptors (Lipinski definition) is 6. The van der Waals surface area contributed by atoms with Crippen molar-refractivity contribution in [3.05, 3.63) is 107 Å². The third kappa shape index (κ3) is 8.21. The van der Waals surface area contributed by atoms with E-state index in [1.807, 2.05) is 48.5 Å². The number of carbonyl (C=O) groups excluding carboxylic acids is 3. The number of carboxylic acids is 1. The first-order chi connectivity index (χ1) is 17.9. The highest BCUT2D eigenvalue weighted by Crippen LogP contribution is 2.16. The number of carbonyl (C=O) groups is 4. The molecule has 3 aromatic carbocycles. The van der Waals surface area contributed by atoms with E-state index in [1.165, 1.54) is 24.1 Å². The van der Waals surface area contributed by atoms with Gasteiger partial charge in [-0.15, -0.1) is 0 Å². The van der Waals surface area contributed by atoms with Crippen molar-refractivity contribution in [2.24, 2.45) is 0 Å². The van der Waals surface area contributed by atoms with Crippen molar-refractivity contribution in [3.63, 3.8) is 0 Å². The second-order valence-corrected chi connectivity index (χ2v) is 8.17. The Morgan fingerprint density at radius 3 is 2.00 bits per heavy atom. The lowest BCUT2D eigenvalue weighted by molar-refractivity contribution is -0.153. The molecule has 0 radical (unpaired) electrons. The van der Waals surface area contributed by atoms with Gasteiger partial charge in [0.2, 0.25) is 5.91 Å². The summed E-state index contributed by atoms with van der Waals surface area (Å²) in [5.74, 6) is -2.23. The smallest absolute Gasteiger partial charge is 0.407 e. The van der Waals surface area contributed by atoms with E-state index in [4.69, 9.17) is 14.6 Å². The van der Waals surface area contributed by atoms with Crippen LogP contribution in [0.5, 0.6) is 0 Å². The van der Waals surface area contributed by atoms with Gasteiger partial charge in [-0.1, -0.05) is 72.8 Å². The largest absolute Gasteiger partial charge is 0.478 e. The molecule has 0 heterocycles. The van der Waals surface area contributed by atoms with Crippen LogP contribution in [0.2, 0.25) is 0 Å². The molecule has 192 valence electrons. The zero-order valence-corrected chi connectivity index (χ0v) is 20.3. The van der Waals surface area contributed by atoms with E-state index < -0.39 is 36.5 Å². The van der Waals surface area contributed by atoms with E-state index in [0.29, 0.717) is 5.56 Å². The second kappa shape index (κ2) is 13.4. The van der Waals surface area contributed by atoms with E-state index in [9.17, 15) is 19.2 Å². The summed E-state index contributed by atoms with van der Waals surface area (Å²) in [5.41, 5.74) is 2.31. The molecule has 0 saturated heterocycles. The molecular formula is C28H28N2O7. The Balaban J connectivity index is 1.76. The van der Waals surface area contributed by atoms with Gasteiger partial charge in [0.1, 0.15) is 19.2 Å². The molecule has 0 spiro atoms. The van der Waals surface area contributed by atoms with Gasteiger partial charge < -0.3 is 24.8 Å². The highest BCUT2D eigenvalue weighted by Gasteiger charge is 2.31. The average Bonchev–Trinajstić information content (AvgIpc) is 2.93. The molecule has 1 atom stereocenters. The zero-order chi connectivity index (χ0) is 26.6. The third-order valence-electron chi connectivity index (χ3n) is 5.59. The average molecular weight is 505 g/mol. The van der Waals surface area contributed by atoms with Crippen LogP contribution in [0, 0.1) is 0 Å². The van der Waals surface area contributed by atoms with Crippen molar-refractivity contribution in [1.29, 1.82) is 0 Å². The van der Waals surface area contributed by atoms with Crippen molar-refractivity contribution in [3.8, 4) is 0 Å². The third-order valence-corrected chi connectivity index (χ3v) is 5.59. The number of rotatable bonds is 11. The van der Waals surface area contributed by atoms with Crippen molar-refractivity contribution < 1.29 is 33.8 Å².